The standard InChI is InChI=1S/C15H14N4O4S/c1-19(15-17-16-14(24-15)12-5-6-23-18-12)8-10-3-2-4-11(7-10)22-9-13(20)21/h2-7H,8-9H2,1H3,(H,20,21). The number of anilines is 1. The van der Waals surface area contributed by atoms with E-state index in [1.165, 1.54) is 17.6 Å². The van der Waals surface area contributed by atoms with E-state index >= 15 is 0 Å². The normalized spacial score (nSPS) is 10.5. The second-order valence-corrected chi connectivity index (χ2v) is 5.92. The Bertz CT molecular complexity index is 819. The van der Waals surface area contributed by atoms with Crippen molar-refractivity contribution in [2.45, 2.75) is 6.54 Å². The average Bonchev–Trinajstić information content (AvgIpc) is 3.24. The molecule has 0 atom stereocenters. The van der Waals surface area contributed by atoms with Crippen molar-refractivity contribution in [2.24, 2.45) is 0 Å². The maximum Gasteiger partial charge on any atom is 0.341 e. The Morgan fingerprint density at radius 3 is 3.00 bits per heavy atom. The Labute approximate surface area is 141 Å². The molecule has 3 rings (SSSR count). The molecule has 0 saturated heterocycles. The van der Waals surface area contributed by atoms with E-state index in [-0.39, 0.29) is 6.61 Å². The van der Waals surface area contributed by atoms with Crippen LogP contribution in [-0.2, 0) is 11.3 Å². The minimum atomic E-state index is -1.01. The van der Waals surface area contributed by atoms with Gasteiger partial charge in [-0.25, -0.2) is 4.79 Å². The zero-order valence-corrected chi connectivity index (χ0v) is 13.6. The molecule has 0 aliphatic carbocycles. The summed E-state index contributed by atoms with van der Waals surface area (Å²) in [7, 11) is 1.90. The first kappa shape index (κ1) is 15.9. The first-order chi connectivity index (χ1) is 11.6. The number of carboxylic acid groups (broad SMARTS) is 1. The molecular formula is C15H14N4O4S. The van der Waals surface area contributed by atoms with Gasteiger partial charge in [-0.05, 0) is 17.7 Å². The summed E-state index contributed by atoms with van der Waals surface area (Å²) in [4.78, 5) is 12.5. The summed E-state index contributed by atoms with van der Waals surface area (Å²) in [6.07, 6.45) is 1.49. The highest BCUT2D eigenvalue weighted by atomic mass is 32.1. The molecule has 1 N–H and O–H groups in total. The van der Waals surface area contributed by atoms with Crippen molar-refractivity contribution in [2.75, 3.05) is 18.6 Å². The number of aromatic nitrogens is 3. The van der Waals surface area contributed by atoms with Gasteiger partial charge in [0.1, 0.15) is 17.7 Å². The zero-order valence-electron chi connectivity index (χ0n) is 12.7. The molecule has 0 fully saturated rings. The van der Waals surface area contributed by atoms with Crippen LogP contribution in [0.4, 0.5) is 5.13 Å². The van der Waals surface area contributed by atoms with Crippen LogP contribution in [-0.4, -0.2) is 40.1 Å². The first-order valence-electron chi connectivity index (χ1n) is 7.01. The smallest absolute Gasteiger partial charge is 0.341 e. The number of benzene rings is 1. The van der Waals surface area contributed by atoms with Crippen molar-refractivity contribution >= 4 is 22.4 Å². The van der Waals surface area contributed by atoms with E-state index in [0.29, 0.717) is 23.0 Å². The number of hydrogen-bond acceptors (Lipinski definition) is 8. The third-order valence-corrected chi connectivity index (χ3v) is 4.14. The van der Waals surface area contributed by atoms with Crippen molar-refractivity contribution in [3.8, 4) is 16.5 Å². The molecule has 2 heterocycles. The molecule has 0 radical (unpaired) electrons. The van der Waals surface area contributed by atoms with Gasteiger partial charge >= 0.3 is 5.97 Å². The van der Waals surface area contributed by atoms with Crippen LogP contribution in [0, 0.1) is 0 Å². The summed E-state index contributed by atoms with van der Waals surface area (Å²) in [5.74, 6) is -0.490. The van der Waals surface area contributed by atoms with Gasteiger partial charge in [-0.1, -0.05) is 28.6 Å². The van der Waals surface area contributed by atoms with Crippen LogP contribution in [0.15, 0.2) is 41.1 Å². The van der Waals surface area contributed by atoms with Gasteiger partial charge in [0.2, 0.25) is 5.13 Å². The molecule has 2 aromatic heterocycles. The van der Waals surface area contributed by atoms with Crippen molar-refractivity contribution in [3.05, 3.63) is 42.2 Å². The second-order valence-electron chi connectivity index (χ2n) is 4.96. The van der Waals surface area contributed by atoms with Gasteiger partial charge < -0.3 is 19.3 Å². The van der Waals surface area contributed by atoms with Crippen LogP contribution in [0.3, 0.4) is 0 Å². The van der Waals surface area contributed by atoms with Crippen molar-refractivity contribution in [1.29, 1.82) is 0 Å². The van der Waals surface area contributed by atoms with Crippen LogP contribution in [0.25, 0.3) is 10.7 Å². The highest BCUT2D eigenvalue weighted by Gasteiger charge is 2.13. The van der Waals surface area contributed by atoms with Crippen molar-refractivity contribution in [1.82, 2.24) is 15.4 Å². The molecule has 24 heavy (non-hydrogen) atoms. The second kappa shape index (κ2) is 7.09. The number of ether oxygens (including phenoxy) is 1. The Kier molecular flexibility index (Phi) is 4.71. The third-order valence-electron chi connectivity index (χ3n) is 3.08. The number of nitrogens with zero attached hydrogens (tertiary/aromatic N) is 4. The number of aliphatic carboxylic acids is 1. The molecule has 0 spiro atoms. The number of rotatable bonds is 7. The number of hydrogen-bond donors (Lipinski definition) is 1. The van der Waals surface area contributed by atoms with Crippen molar-refractivity contribution < 1.29 is 19.2 Å². The minimum absolute atomic E-state index is 0.364. The SMILES string of the molecule is CN(Cc1cccc(OCC(=O)O)c1)c1nnc(-c2ccon2)s1. The van der Waals surface area contributed by atoms with Gasteiger partial charge in [0.15, 0.2) is 11.6 Å². The predicted octanol–water partition coefficient (Wildman–Crippen LogP) is 2.29. The molecule has 1 aromatic carbocycles. The quantitative estimate of drug-likeness (QED) is 0.695. The highest BCUT2D eigenvalue weighted by Crippen LogP contribution is 2.28. The molecule has 124 valence electrons. The lowest BCUT2D eigenvalue weighted by molar-refractivity contribution is -0.139. The maximum atomic E-state index is 10.6. The van der Waals surface area contributed by atoms with Crippen LogP contribution in [0.1, 0.15) is 5.56 Å². The van der Waals surface area contributed by atoms with E-state index < -0.39 is 5.97 Å². The molecule has 9 heteroatoms. The summed E-state index contributed by atoms with van der Waals surface area (Å²) in [6, 6.07) is 9.01. The third kappa shape index (κ3) is 3.87. The molecular weight excluding hydrogens is 332 g/mol. The molecule has 0 saturated carbocycles. The van der Waals surface area contributed by atoms with Crippen molar-refractivity contribution in [3.63, 3.8) is 0 Å². The monoisotopic (exact) mass is 346 g/mol. The lowest BCUT2D eigenvalue weighted by Crippen LogP contribution is -2.16. The summed E-state index contributed by atoms with van der Waals surface area (Å²) >= 11 is 1.41. The first-order valence-corrected chi connectivity index (χ1v) is 7.82. The zero-order chi connectivity index (χ0) is 16.9. The van der Waals surface area contributed by atoms with Crippen LogP contribution in [0.5, 0.6) is 5.75 Å². The summed E-state index contributed by atoms with van der Waals surface area (Å²) in [6.45, 7) is 0.217. The Morgan fingerprint density at radius 1 is 1.38 bits per heavy atom. The minimum Gasteiger partial charge on any atom is -0.482 e. The van der Waals surface area contributed by atoms with E-state index in [1.807, 2.05) is 24.1 Å². The molecule has 0 amide bonds. The molecule has 0 bridgehead atoms. The summed E-state index contributed by atoms with van der Waals surface area (Å²) < 4.78 is 9.99. The number of carbonyl (C=O) groups is 1. The van der Waals surface area contributed by atoms with Crippen LogP contribution in [0.2, 0.25) is 0 Å². The van der Waals surface area contributed by atoms with Crippen LogP contribution >= 0.6 is 11.3 Å². The average molecular weight is 346 g/mol. The van der Waals surface area contributed by atoms with Crippen LogP contribution < -0.4 is 9.64 Å². The molecule has 3 aromatic rings. The van der Waals surface area contributed by atoms with E-state index in [2.05, 4.69) is 15.4 Å². The van der Waals surface area contributed by atoms with Gasteiger partial charge in [-0.3, -0.25) is 0 Å². The fourth-order valence-electron chi connectivity index (χ4n) is 2.02. The lowest BCUT2D eigenvalue weighted by atomic mass is 10.2. The van der Waals surface area contributed by atoms with Gasteiger partial charge in [0.05, 0.1) is 0 Å². The predicted molar refractivity (Wildman–Crippen MR) is 87.1 cm³/mol. The summed E-state index contributed by atoms with van der Waals surface area (Å²) in [5.41, 5.74) is 1.62. The molecule has 8 nitrogen and oxygen atoms in total. The van der Waals surface area contributed by atoms with Gasteiger partial charge in [0.25, 0.3) is 0 Å². The van der Waals surface area contributed by atoms with Gasteiger partial charge in [-0.15, -0.1) is 10.2 Å². The Balaban J connectivity index is 1.67. The molecule has 0 aliphatic heterocycles. The Hall–Kier alpha value is -2.94. The lowest BCUT2D eigenvalue weighted by Gasteiger charge is -2.15. The fourth-order valence-corrected chi connectivity index (χ4v) is 2.78. The highest BCUT2D eigenvalue weighted by molar-refractivity contribution is 7.18. The molecule has 0 unspecified atom stereocenters. The van der Waals surface area contributed by atoms with E-state index in [4.69, 9.17) is 14.4 Å². The van der Waals surface area contributed by atoms with Gasteiger partial charge in [0, 0.05) is 19.7 Å². The molecule has 0 aliphatic rings. The fraction of sp³-hybridized carbons (Fsp3) is 0.200. The maximum absolute atomic E-state index is 10.6. The largest absolute Gasteiger partial charge is 0.482 e. The van der Waals surface area contributed by atoms with E-state index in [9.17, 15) is 4.79 Å². The topological polar surface area (TPSA) is 102 Å². The van der Waals surface area contributed by atoms with E-state index in [1.54, 1.807) is 18.2 Å². The number of carboxylic acids is 1. The van der Waals surface area contributed by atoms with Gasteiger partial charge in [-0.2, -0.15) is 0 Å². The van der Waals surface area contributed by atoms with E-state index in [0.717, 1.165) is 10.7 Å². The summed E-state index contributed by atoms with van der Waals surface area (Å²) in [5, 5.41) is 22.2. The Morgan fingerprint density at radius 2 is 2.25 bits per heavy atom.